The summed E-state index contributed by atoms with van der Waals surface area (Å²) in [5.74, 6) is 0.713. The van der Waals surface area contributed by atoms with Gasteiger partial charge in [0.25, 0.3) is 0 Å². The Kier molecular flexibility index (Phi) is 5.81. The molecule has 0 aliphatic rings. The van der Waals surface area contributed by atoms with Gasteiger partial charge < -0.3 is 0 Å². The van der Waals surface area contributed by atoms with Gasteiger partial charge in [0.15, 0.2) is 0 Å². The van der Waals surface area contributed by atoms with Crippen LogP contribution >= 0.6 is 11.8 Å². The number of hydrogen-bond acceptors (Lipinski definition) is 5. The third kappa shape index (κ3) is 4.46. The Morgan fingerprint density at radius 1 is 1.12 bits per heavy atom. The van der Waals surface area contributed by atoms with Gasteiger partial charge in [-0.05, 0) is 58.7 Å². The van der Waals surface area contributed by atoms with E-state index in [9.17, 15) is 0 Å². The summed E-state index contributed by atoms with van der Waals surface area (Å²) >= 11 is 1.56. The first-order valence-electron chi connectivity index (χ1n) is 8.29. The Morgan fingerprint density at radius 2 is 1.96 bits per heavy atom. The highest BCUT2D eigenvalue weighted by molar-refractivity contribution is 7.98. The first kappa shape index (κ1) is 17.2. The second kappa shape index (κ2) is 8.45. The van der Waals surface area contributed by atoms with Crippen molar-refractivity contribution in [1.82, 2.24) is 20.2 Å². The molecule has 2 aromatic carbocycles. The van der Waals surface area contributed by atoms with Crippen molar-refractivity contribution in [3.05, 3.63) is 65.2 Å². The van der Waals surface area contributed by atoms with Gasteiger partial charge in [-0.25, -0.2) is 0 Å². The number of rotatable bonds is 7. The smallest absolute Gasteiger partial charge is 0.192 e. The van der Waals surface area contributed by atoms with Crippen LogP contribution in [0.15, 0.2) is 53.7 Å². The fraction of sp³-hybridized carbons (Fsp3) is 0.263. The molecule has 3 aromatic rings. The molecule has 5 nitrogen and oxygen atoms in total. The number of tetrazole rings is 1. The molecule has 0 spiro atoms. The molecular formula is C19H19N5S. The van der Waals surface area contributed by atoms with Gasteiger partial charge in [0.2, 0.25) is 5.16 Å². The Bertz CT molecular complexity index is 864. The minimum Gasteiger partial charge on any atom is -0.192 e. The lowest BCUT2D eigenvalue weighted by atomic mass is 10.1. The van der Waals surface area contributed by atoms with Crippen molar-refractivity contribution in [2.24, 2.45) is 0 Å². The summed E-state index contributed by atoms with van der Waals surface area (Å²) in [7, 11) is 0. The Labute approximate surface area is 151 Å². The van der Waals surface area contributed by atoms with E-state index in [-0.39, 0.29) is 0 Å². The highest BCUT2D eigenvalue weighted by atomic mass is 32.2. The minimum atomic E-state index is 0.667. The van der Waals surface area contributed by atoms with E-state index in [1.807, 2.05) is 18.2 Å². The number of unbranched alkanes of at least 4 members (excludes halogenated alkanes) is 1. The monoisotopic (exact) mass is 349 g/mol. The van der Waals surface area contributed by atoms with Crippen molar-refractivity contribution < 1.29 is 0 Å². The number of aromatic nitrogens is 4. The fourth-order valence-corrected chi connectivity index (χ4v) is 3.33. The predicted molar refractivity (Wildman–Crippen MR) is 98.5 cm³/mol. The molecule has 25 heavy (non-hydrogen) atoms. The number of hydrogen-bond donors (Lipinski definition) is 0. The van der Waals surface area contributed by atoms with Gasteiger partial charge >= 0.3 is 0 Å². The van der Waals surface area contributed by atoms with Gasteiger partial charge in [-0.15, -0.1) is 5.10 Å². The van der Waals surface area contributed by atoms with Crippen molar-refractivity contribution in [3.63, 3.8) is 0 Å². The topological polar surface area (TPSA) is 67.4 Å². The molecule has 1 aromatic heterocycles. The third-order valence-electron chi connectivity index (χ3n) is 3.86. The minimum absolute atomic E-state index is 0.667. The summed E-state index contributed by atoms with van der Waals surface area (Å²) in [5.41, 5.74) is 4.04. The van der Waals surface area contributed by atoms with Gasteiger partial charge in [-0.3, -0.25) is 0 Å². The van der Waals surface area contributed by atoms with Gasteiger partial charge in [0, 0.05) is 5.75 Å². The largest absolute Gasteiger partial charge is 0.214 e. The summed E-state index contributed by atoms with van der Waals surface area (Å²) in [6.45, 7) is 2.20. The molecule has 0 unspecified atom stereocenters. The fourth-order valence-electron chi connectivity index (χ4n) is 2.49. The standard InChI is InChI=1S/C19H19N5S/c1-2-3-5-15-8-10-18(11-9-15)24-19(21-22-23-24)25-14-17-7-4-6-16(12-17)13-20/h4,6-12H,2-3,5,14H2,1H3. The molecule has 0 saturated carbocycles. The highest BCUT2D eigenvalue weighted by Crippen LogP contribution is 2.23. The Hall–Kier alpha value is -2.65. The van der Waals surface area contributed by atoms with Gasteiger partial charge in [0.1, 0.15) is 0 Å². The predicted octanol–water partition coefficient (Wildman–Crippen LogP) is 4.17. The van der Waals surface area contributed by atoms with E-state index in [4.69, 9.17) is 5.26 Å². The van der Waals surface area contributed by atoms with Crippen LogP contribution < -0.4 is 0 Å². The second-order valence-electron chi connectivity index (χ2n) is 5.74. The molecule has 0 atom stereocenters. The molecule has 1 heterocycles. The van der Waals surface area contributed by atoms with Gasteiger partial charge in [0.05, 0.1) is 17.3 Å². The number of nitrogens with zero attached hydrogens (tertiary/aromatic N) is 5. The second-order valence-corrected chi connectivity index (χ2v) is 6.69. The maximum absolute atomic E-state index is 8.99. The zero-order valence-corrected chi connectivity index (χ0v) is 14.9. The van der Waals surface area contributed by atoms with Crippen LogP contribution in [0.3, 0.4) is 0 Å². The normalized spacial score (nSPS) is 10.6. The molecule has 0 amide bonds. The zero-order valence-electron chi connectivity index (χ0n) is 14.1. The van der Waals surface area contributed by atoms with Crippen LogP contribution in [-0.4, -0.2) is 20.2 Å². The van der Waals surface area contributed by atoms with Gasteiger partial charge in [-0.1, -0.05) is 49.4 Å². The summed E-state index contributed by atoms with van der Waals surface area (Å²) in [5, 5.41) is 21.8. The molecule has 0 fully saturated rings. The average molecular weight is 349 g/mol. The van der Waals surface area contributed by atoms with E-state index in [0.29, 0.717) is 11.3 Å². The number of benzene rings is 2. The first-order chi connectivity index (χ1) is 12.3. The van der Waals surface area contributed by atoms with Crippen molar-refractivity contribution in [1.29, 1.82) is 5.26 Å². The van der Waals surface area contributed by atoms with Crippen LogP contribution in [0.25, 0.3) is 5.69 Å². The lowest BCUT2D eigenvalue weighted by Crippen LogP contribution is -1.99. The number of aryl methyl sites for hydroxylation is 1. The van der Waals surface area contributed by atoms with Crippen LogP contribution in [0.1, 0.15) is 36.5 Å². The summed E-state index contributed by atoms with van der Waals surface area (Å²) < 4.78 is 1.75. The van der Waals surface area contributed by atoms with Crippen molar-refractivity contribution in [3.8, 4) is 11.8 Å². The van der Waals surface area contributed by atoms with Crippen LogP contribution in [0.2, 0.25) is 0 Å². The molecule has 0 radical (unpaired) electrons. The lowest BCUT2D eigenvalue weighted by Gasteiger charge is -2.06. The summed E-state index contributed by atoms with van der Waals surface area (Å²) in [6, 6.07) is 18.1. The van der Waals surface area contributed by atoms with E-state index >= 15 is 0 Å². The van der Waals surface area contributed by atoms with E-state index in [1.54, 1.807) is 22.5 Å². The SMILES string of the molecule is CCCCc1ccc(-n2nnnc2SCc2cccc(C#N)c2)cc1. The van der Waals surface area contributed by atoms with Crippen molar-refractivity contribution >= 4 is 11.8 Å². The molecular weight excluding hydrogens is 330 g/mol. The summed E-state index contributed by atoms with van der Waals surface area (Å²) in [6.07, 6.45) is 3.50. The maximum Gasteiger partial charge on any atom is 0.214 e. The van der Waals surface area contributed by atoms with Crippen molar-refractivity contribution in [2.45, 2.75) is 37.1 Å². The molecule has 0 saturated heterocycles. The number of nitriles is 1. The van der Waals surface area contributed by atoms with Crippen LogP contribution in [0, 0.1) is 11.3 Å². The summed E-state index contributed by atoms with van der Waals surface area (Å²) in [4.78, 5) is 0. The highest BCUT2D eigenvalue weighted by Gasteiger charge is 2.09. The molecule has 0 bridgehead atoms. The van der Waals surface area contributed by atoms with E-state index in [1.165, 1.54) is 18.4 Å². The van der Waals surface area contributed by atoms with Crippen LogP contribution in [-0.2, 0) is 12.2 Å². The molecule has 0 aliphatic carbocycles. The quantitative estimate of drug-likeness (QED) is 0.599. The van der Waals surface area contributed by atoms with Gasteiger partial charge in [-0.2, -0.15) is 9.94 Å². The average Bonchev–Trinajstić information content (AvgIpc) is 3.14. The van der Waals surface area contributed by atoms with Crippen LogP contribution in [0.4, 0.5) is 0 Å². The molecule has 3 rings (SSSR count). The number of thioether (sulfide) groups is 1. The van der Waals surface area contributed by atoms with E-state index in [0.717, 1.165) is 22.8 Å². The lowest BCUT2D eigenvalue weighted by molar-refractivity contribution is 0.754. The molecule has 126 valence electrons. The molecule has 0 N–H and O–H groups in total. The van der Waals surface area contributed by atoms with Crippen LogP contribution in [0.5, 0.6) is 0 Å². The van der Waals surface area contributed by atoms with E-state index in [2.05, 4.69) is 52.8 Å². The Morgan fingerprint density at radius 3 is 2.72 bits per heavy atom. The van der Waals surface area contributed by atoms with Crippen molar-refractivity contribution in [2.75, 3.05) is 0 Å². The molecule has 6 heteroatoms. The maximum atomic E-state index is 8.99. The Balaban J connectivity index is 1.71. The zero-order chi connectivity index (χ0) is 17.5. The van der Waals surface area contributed by atoms with E-state index < -0.39 is 0 Å². The first-order valence-corrected chi connectivity index (χ1v) is 9.28. The molecule has 0 aliphatic heterocycles. The third-order valence-corrected chi connectivity index (χ3v) is 4.86.